The van der Waals surface area contributed by atoms with Crippen LogP contribution in [0.5, 0.6) is 0 Å². The quantitative estimate of drug-likeness (QED) is 0.639. The number of aryl methyl sites for hydroxylation is 1. The van der Waals surface area contributed by atoms with Crippen LogP contribution in [-0.4, -0.2) is 26.3 Å². The van der Waals surface area contributed by atoms with E-state index in [0.717, 1.165) is 11.0 Å². The summed E-state index contributed by atoms with van der Waals surface area (Å²) in [6.07, 6.45) is 0. The van der Waals surface area contributed by atoms with Crippen LogP contribution in [0.1, 0.15) is 16.2 Å². The second-order valence-electron chi connectivity index (χ2n) is 3.81. The molecule has 0 fully saturated rings. The Morgan fingerprint density at radius 2 is 2.22 bits per heavy atom. The number of hydrogen-bond donors (Lipinski definition) is 0. The zero-order valence-corrected chi connectivity index (χ0v) is 11.6. The second kappa shape index (κ2) is 5.54. The van der Waals surface area contributed by atoms with E-state index >= 15 is 0 Å². The monoisotopic (exact) mass is 281 g/mol. The van der Waals surface area contributed by atoms with Gasteiger partial charge < -0.3 is 4.57 Å². The average molecular weight is 282 g/mol. The number of carbonyl (C=O) groups excluding carboxylic acids is 1. The maximum atomic E-state index is 12.0. The molecule has 0 amide bonds. The molecule has 0 bridgehead atoms. The molecule has 0 saturated carbocycles. The van der Waals surface area contributed by atoms with Crippen molar-refractivity contribution in [3.8, 4) is 0 Å². The largest absolute Gasteiger partial charge is 0.309 e. The van der Waals surface area contributed by atoms with Gasteiger partial charge in [0.25, 0.3) is 0 Å². The first kappa shape index (κ1) is 13.1. The zero-order chi connectivity index (χ0) is 13.1. The maximum absolute atomic E-state index is 12.0. The molecule has 0 N–H and O–H groups in total. The van der Waals surface area contributed by atoms with Gasteiger partial charge in [-0.15, -0.1) is 10.2 Å². The Morgan fingerprint density at radius 1 is 1.44 bits per heavy atom. The number of hydrogen-bond acceptors (Lipinski definition) is 4. The Morgan fingerprint density at radius 3 is 2.83 bits per heavy atom. The van der Waals surface area contributed by atoms with E-state index < -0.39 is 0 Å². The fourth-order valence-electron chi connectivity index (χ4n) is 1.39. The highest BCUT2D eigenvalue weighted by Gasteiger charge is 2.10. The van der Waals surface area contributed by atoms with Crippen molar-refractivity contribution in [2.45, 2.75) is 12.1 Å². The van der Waals surface area contributed by atoms with Crippen molar-refractivity contribution < 1.29 is 4.79 Å². The van der Waals surface area contributed by atoms with Crippen LogP contribution in [0.15, 0.2) is 29.4 Å². The summed E-state index contributed by atoms with van der Waals surface area (Å²) in [6.45, 7) is 1.87. The van der Waals surface area contributed by atoms with Crippen LogP contribution in [0.4, 0.5) is 0 Å². The predicted molar refractivity (Wildman–Crippen MR) is 72.2 cm³/mol. The van der Waals surface area contributed by atoms with Crippen molar-refractivity contribution in [1.29, 1.82) is 0 Å². The van der Waals surface area contributed by atoms with Gasteiger partial charge in [-0.2, -0.15) is 0 Å². The van der Waals surface area contributed by atoms with Crippen molar-refractivity contribution in [1.82, 2.24) is 14.8 Å². The molecular weight excluding hydrogens is 270 g/mol. The molecule has 2 rings (SSSR count). The molecule has 2 aromatic rings. The van der Waals surface area contributed by atoms with Crippen LogP contribution in [0.2, 0.25) is 5.02 Å². The summed E-state index contributed by atoms with van der Waals surface area (Å²) in [5.74, 6) is 1.18. The first-order chi connectivity index (χ1) is 8.58. The Kier molecular flexibility index (Phi) is 4.04. The van der Waals surface area contributed by atoms with Gasteiger partial charge in [0.05, 0.1) is 5.75 Å². The van der Waals surface area contributed by atoms with E-state index in [2.05, 4.69) is 10.2 Å². The summed E-state index contributed by atoms with van der Waals surface area (Å²) < 4.78 is 1.86. The van der Waals surface area contributed by atoms with Crippen LogP contribution < -0.4 is 0 Å². The number of nitrogens with zero attached hydrogens (tertiary/aromatic N) is 3. The van der Waals surface area contributed by atoms with Crippen molar-refractivity contribution in [3.63, 3.8) is 0 Å². The van der Waals surface area contributed by atoms with Gasteiger partial charge in [-0.1, -0.05) is 35.5 Å². The number of benzene rings is 1. The molecule has 0 aliphatic heterocycles. The Bertz CT molecular complexity index is 582. The molecule has 0 saturated heterocycles. The van der Waals surface area contributed by atoms with E-state index in [1.54, 1.807) is 24.3 Å². The zero-order valence-electron chi connectivity index (χ0n) is 10.1. The van der Waals surface area contributed by atoms with E-state index in [-0.39, 0.29) is 5.78 Å². The summed E-state index contributed by atoms with van der Waals surface area (Å²) in [4.78, 5) is 12.0. The fourth-order valence-corrected chi connectivity index (χ4v) is 2.43. The summed E-state index contributed by atoms with van der Waals surface area (Å²) in [7, 11) is 1.88. The number of halogens is 1. The highest BCUT2D eigenvalue weighted by Crippen LogP contribution is 2.18. The van der Waals surface area contributed by atoms with E-state index in [1.165, 1.54) is 11.8 Å². The van der Waals surface area contributed by atoms with E-state index in [1.807, 2.05) is 18.5 Å². The molecule has 18 heavy (non-hydrogen) atoms. The number of ketones is 1. The summed E-state index contributed by atoms with van der Waals surface area (Å²) >= 11 is 7.22. The van der Waals surface area contributed by atoms with Crippen molar-refractivity contribution in [3.05, 3.63) is 40.7 Å². The molecule has 1 aromatic heterocycles. The minimum absolute atomic E-state index is 0.0307. The van der Waals surface area contributed by atoms with Crippen molar-refractivity contribution >= 4 is 29.1 Å². The number of aromatic nitrogens is 3. The van der Waals surface area contributed by atoms with Crippen molar-refractivity contribution in [2.24, 2.45) is 7.05 Å². The Hall–Kier alpha value is -1.33. The molecule has 0 unspecified atom stereocenters. The van der Waals surface area contributed by atoms with E-state index in [4.69, 9.17) is 11.6 Å². The lowest BCUT2D eigenvalue weighted by atomic mass is 10.1. The number of Topliss-reactive ketones (excluding diaryl/α,β-unsaturated/α-hetero) is 1. The summed E-state index contributed by atoms with van der Waals surface area (Å²) in [6, 6.07) is 6.95. The summed E-state index contributed by atoms with van der Waals surface area (Å²) in [5.41, 5.74) is 0.619. The standard InChI is InChI=1S/C12H12ClN3OS/c1-8-14-15-12(16(8)2)18-7-11(17)9-4-3-5-10(13)6-9/h3-6H,7H2,1-2H3. The third-order valence-electron chi connectivity index (χ3n) is 2.53. The molecule has 94 valence electrons. The lowest BCUT2D eigenvalue weighted by molar-refractivity contribution is 0.102. The molecule has 6 heteroatoms. The number of rotatable bonds is 4. The van der Waals surface area contributed by atoms with Gasteiger partial charge in [0.1, 0.15) is 5.82 Å². The first-order valence-corrected chi connectivity index (χ1v) is 6.72. The predicted octanol–water partition coefficient (Wildman–Crippen LogP) is 2.75. The minimum atomic E-state index is 0.0307. The van der Waals surface area contributed by atoms with Crippen LogP contribution in [0, 0.1) is 6.92 Å². The summed E-state index contributed by atoms with van der Waals surface area (Å²) in [5, 5.41) is 9.25. The van der Waals surface area contributed by atoms with Crippen LogP contribution in [-0.2, 0) is 7.05 Å². The van der Waals surface area contributed by atoms with E-state index in [0.29, 0.717) is 16.3 Å². The maximum Gasteiger partial charge on any atom is 0.191 e. The Labute approximate surface area is 114 Å². The van der Waals surface area contributed by atoms with Gasteiger partial charge in [0.15, 0.2) is 10.9 Å². The highest BCUT2D eigenvalue weighted by molar-refractivity contribution is 7.99. The highest BCUT2D eigenvalue weighted by atomic mass is 35.5. The third kappa shape index (κ3) is 2.91. The van der Waals surface area contributed by atoms with Crippen LogP contribution >= 0.6 is 23.4 Å². The van der Waals surface area contributed by atoms with Crippen LogP contribution in [0.3, 0.4) is 0 Å². The average Bonchev–Trinajstić information content (AvgIpc) is 2.67. The fraction of sp³-hybridized carbons (Fsp3) is 0.250. The second-order valence-corrected chi connectivity index (χ2v) is 5.19. The topological polar surface area (TPSA) is 47.8 Å². The van der Waals surface area contributed by atoms with Gasteiger partial charge in [-0.3, -0.25) is 4.79 Å². The molecule has 0 radical (unpaired) electrons. The van der Waals surface area contributed by atoms with Gasteiger partial charge in [0.2, 0.25) is 0 Å². The number of thioether (sulfide) groups is 1. The lowest BCUT2D eigenvalue weighted by Crippen LogP contribution is -2.03. The van der Waals surface area contributed by atoms with E-state index in [9.17, 15) is 4.79 Å². The van der Waals surface area contributed by atoms with Gasteiger partial charge in [0, 0.05) is 17.6 Å². The van der Waals surface area contributed by atoms with Gasteiger partial charge in [-0.25, -0.2) is 0 Å². The molecule has 0 atom stereocenters. The minimum Gasteiger partial charge on any atom is -0.309 e. The molecular formula is C12H12ClN3OS. The first-order valence-electron chi connectivity index (χ1n) is 5.35. The lowest BCUT2D eigenvalue weighted by Gasteiger charge is -2.02. The normalized spacial score (nSPS) is 10.6. The van der Waals surface area contributed by atoms with Gasteiger partial charge in [-0.05, 0) is 19.1 Å². The molecule has 1 aromatic carbocycles. The smallest absolute Gasteiger partial charge is 0.191 e. The Balaban J connectivity index is 2.03. The van der Waals surface area contributed by atoms with Gasteiger partial charge >= 0.3 is 0 Å². The molecule has 0 spiro atoms. The molecule has 1 heterocycles. The molecule has 4 nitrogen and oxygen atoms in total. The SMILES string of the molecule is Cc1nnc(SCC(=O)c2cccc(Cl)c2)n1C. The molecule has 0 aliphatic rings. The number of carbonyl (C=O) groups is 1. The van der Waals surface area contributed by atoms with Crippen LogP contribution in [0.25, 0.3) is 0 Å². The molecule has 0 aliphatic carbocycles. The van der Waals surface area contributed by atoms with Crippen molar-refractivity contribution in [2.75, 3.05) is 5.75 Å². The third-order valence-corrected chi connectivity index (χ3v) is 3.79.